The normalized spacial score (nSPS) is 20.5. The molecule has 8 heteroatoms. The standard InChI is InChI=1S/C11H17N3O4S/c1-9-6-13(3-4-18-9)11(15)8-14-7-10(5-12-14)19(2,16)17/h5,7,9H,3-4,6,8H2,1-2H3. The summed E-state index contributed by atoms with van der Waals surface area (Å²) >= 11 is 0. The number of amides is 1. The highest BCUT2D eigenvalue weighted by atomic mass is 32.2. The second kappa shape index (κ2) is 5.30. The number of ether oxygens (including phenoxy) is 1. The lowest BCUT2D eigenvalue weighted by Crippen LogP contribution is -2.45. The Hall–Kier alpha value is -1.41. The van der Waals surface area contributed by atoms with E-state index in [0.717, 1.165) is 6.26 Å². The molecule has 0 bridgehead atoms. The van der Waals surface area contributed by atoms with Crippen LogP contribution in [0, 0.1) is 0 Å². The molecule has 0 N–H and O–H groups in total. The van der Waals surface area contributed by atoms with Crippen molar-refractivity contribution in [2.24, 2.45) is 0 Å². The van der Waals surface area contributed by atoms with Gasteiger partial charge in [-0.3, -0.25) is 9.48 Å². The Labute approximate surface area is 112 Å². The molecule has 1 amide bonds. The lowest BCUT2D eigenvalue weighted by Gasteiger charge is -2.31. The number of nitrogens with zero attached hydrogens (tertiary/aromatic N) is 3. The van der Waals surface area contributed by atoms with Gasteiger partial charge in [-0.05, 0) is 6.92 Å². The highest BCUT2D eigenvalue weighted by molar-refractivity contribution is 7.90. The summed E-state index contributed by atoms with van der Waals surface area (Å²) in [4.78, 5) is 13.9. The Kier molecular flexibility index (Phi) is 3.91. The Balaban J connectivity index is 2.01. The zero-order chi connectivity index (χ0) is 14.0. The maximum atomic E-state index is 12.0. The predicted molar refractivity (Wildman–Crippen MR) is 67.3 cm³/mol. The number of rotatable bonds is 3. The molecule has 19 heavy (non-hydrogen) atoms. The molecule has 1 atom stereocenters. The van der Waals surface area contributed by atoms with Crippen LogP contribution in [0.25, 0.3) is 0 Å². The van der Waals surface area contributed by atoms with Gasteiger partial charge in [-0.15, -0.1) is 0 Å². The smallest absolute Gasteiger partial charge is 0.244 e. The third-order valence-electron chi connectivity index (χ3n) is 2.93. The van der Waals surface area contributed by atoms with Crippen LogP contribution in [0.1, 0.15) is 6.92 Å². The minimum Gasteiger partial charge on any atom is -0.375 e. The quantitative estimate of drug-likeness (QED) is 0.751. The second-order valence-electron chi connectivity index (χ2n) is 4.67. The highest BCUT2D eigenvalue weighted by Crippen LogP contribution is 2.08. The van der Waals surface area contributed by atoms with Gasteiger partial charge in [0.15, 0.2) is 9.84 Å². The molecule has 0 spiro atoms. The summed E-state index contributed by atoms with van der Waals surface area (Å²) in [5.74, 6) is -0.0849. The van der Waals surface area contributed by atoms with Crippen LogP contribution in [0.15, 0.2) is 17.3 Å². The van der Waals surface area contributed by atoms with Crippen LogP contribution in [0.5, 0.6) is 0 Å². The van der Waals surface area contributed by atoms with Crippen LogP contribution < -0.4 is 0 Å². The van der Waals surface area contributed by atoms with Gasteiger partial charge in [0.1, 0.15) is 11.4 Å². The van der Waals surface area contributed by atoms with Crippen molar-refractivity contribution in [3.05, 3.63) is 12.4 Å². The first-order valence-electron chi connectivity index (χ1n) is 5.98. The summed E-state index contributed by atoms with van der Waals surface area (Å²) in [6.07, 6.45) is 3.77. The number of hydrogen-bond donors (Lipinski definition) is 0. The first kappa shape index (κ1) is 14.0. The van der Waals surface area contributed by atoms with E-state index in [1.54, 1.807) is 4.90 Å². The first-order valence-corrected chi connectivity index (χ1v) is 7.87. The Morgan fingerprint density at radius 3 is 2.89 bits per heavy atom. The van der Waals surface area contributed by atoms with Crippen molar-refractivity contribution in [2.45, 2.75) is 24.5 Å². The molecular formula is C11H17N3O4S. The van der Waals surface area contributed by atoms with Gasteiger partial charge in [-0.1, -0.05) is 0 Å². The van der Waals surface area contributed by atoms with E-state index < -0.39 is 9.84 Å². The number of hydrogen-bond acceptors (Lipinski definition) is 5. The molecule has 0 aromatic carbocycles. The van der Waals surface area contributed by atoms with Gasteiger partial charge in [0, 0.05) is 25.5 Å². The van der Waals surface area contributed by atoms with Crippen LogP contribution in [0.4, 0.5) is 0 Å². The molecule has 1 aromatic heterocycles. The summed E-state index contributed by atoms with van der Waals surface area (Å²) in [7, 11) is -3.28. The van der Waals surface area contributed by atoms with Crippen molar-refractivity contribution >= 4 is 15.7 Å². The van der Waals surface area contributed by atoms with Gasteiger partial charge in [0.2, 0.25) is 5.91 Å². The molecule has 1 aliphatic rings. The van der Waals surface area contributed by atoms with Crippen molar-refractivity contribution in [3.8, 4) is 0 Å². The fourth-order valence-electron chi connectivity index (χ4n) is 1.91. The summed E-state index contributed by atoms with van der Waals surface area (Å²) in [5, 5.41) is 3.90. The largest absolute Gasteiger partial charge is 0.375 e. The number of sulfone groups is 1. The van der Waals surface area contributed by atoms with E-state index in [0.29, 0.717) is 19.7 Å². The fraction of sp³-hybridized carbons (Fsp3) is 0.636. The SMILES string of the molecule is CC1CN(C(=O)Cn2cc(S(C)(=O)=O)cn2)CCO1. The van der Waals surface area contributed by atoms with E-state index in [1.165, 1.54) is 17.1 Å². The third-order valence-corrected chi connectivity index (χ3v) is 4.00. The van der Waals surface area contributed by atoms with Crippen molar-refractivity contribution in [3.63, 3.8) is 0 Å². The molecule has 7 nitrogen and oxygen atoms in total. The lowest BCUT2D eigenvalue weighted by atomic mass is 10.3. The maximum absolute atomic E-state index is 12.0. The van der Waals surface area contributed by atoms with Crippen molar-refractivity contribution in [1.29, 1.82) is 0 Å². The van der Waals surface area contributed by atoms with Gasteiger partial charge in [-0.2, -0.15) is 5.10 Å². The molecule has 2 heterocycles. The van der Waals surface area contributed by atoms with Crippen molar-refractivity contribution < 1.29 is 17.9 Å². The summed E-state index contributed by atoms with van der Waals surface area (Å²) in [6.45, 7) is 3.60. The van der Waals surface area contributed by atoms with Gasteiger partial charge < -0.3 is 9.64 Å². The van der Waals surface area contributed by atoms with Crippen molar-refractivity contribution in [2.75, 3.05) is 26.0 Å². The zero-order valence-corrected chi connectivity index (χ0v) is 11.8. The molecule has 1 saturated heterocycles. The third kappa shape index (κ3) is 3.54. The molecule has 106 valence electrons. The summed E-state index contributed by atoms with van der Waals surface area (Å²) in [6, 6.07) is 0. The van der Waals surface area contributed by atoms with Gasteiger partial charge in [0.25, 0.3) is 0 Å². The molecule has 0 radical (unpaired) electrons. The van der Waals surface area contributed by atoms with E-state index in [4.69, 9.17) is 4.74 Å². The van der Waals surface area contributed by atoms with Gasteiger partial charge in [0.05, 0.1) is 18.9 Å². The number of aromatic nitrogens is 2. The predicted octanol–water partition coefficient (Wildman–Crippen LogP) is -0.466. The van der Waals surface area contributed by atoms with Gasteiger partial charge in [-0.25, -0.2) is 8.42 Å². The number of carbonyl (C=O) groups excluding carboxylic acids is 1. The molecule has 0 aliphatic carbocycles. The van der Waals surface area contributed by atoms with E-state index in [2.05, 4.69) is 5.10 Å². The van der Waals surface area contributed by atoms with E-state index >= 15 is 0 Å². The maximum Gasteiger partial charge on any atom is 0.244 e. The zero-order valence-electron chi connectivity index (χ0n) is 10.9. The monoisotopic (exact) mass is 287 g/mol. The van der Waals surface area contributed by atoms with Crippen LogP contribution in [0.2, 0.25) is 0 Å². The van der Waals surface area contributed by atoms with Gasteiger partial charge >= 0.3 is 0 Å². The lowest BCUT2D eigenvalue weighted by molar-refractivity contribution is -0.139. The molecular weight excluding hydrogens is 270 g/mol. The minimum absolute atomic E-state index is 0.0295. The summed E-state index contributed by atoms with van der Waals surface area (Å²) in [5.41, 5.74) is 0. The highest BCUT2D eigenvalue weighted by Gasteiger charge is 2.22. The van der Waals surface area contributed by atoms with Crippen LogP contribution in [-0.2, 0) is 25.9 Å². The second-order valence-corrected chi connectivity index (χ2v) is 6.68. The summed E-state index contributed by atoms with van der Waals surface area (Å²) < 4.78 is 29.3. The fourth-order valence-corrected chi connectivity index (χ4v) is 2.46. The van der Waals surface area contributed by atoms with Crippen molar-refractivity contribution in [1.82, 2.24) is 14.7 Å². The molecule has 1 aliphatic heterocycles. The van der Waals surface area contributed by atoms with E-state index in [1.807, 2.05) is 6.92 Å². The number of carbonyl (C=O) groups is 1. The van der Waals surface area contributed by atoms with Crippen LogP contribution in [0.3, 0.4) is 0 Å². The van der Waals surface area contributed by atoms with E-state index in [-0.39, 0.29) is 23.5 Å². The molecule has 1 unspecified atom stereocenters. The Morgan fingerprint density at radius 1 is 1.58 bits per heavy atom. The average Bonchev–Trinajstić information content (AvgIpc) is 2.77. The molecule has 0 saturated carbocycles. The Morgan fingerprint density at radius 2 is 2.32 bits per heavy atom. The van der Waals surface area contributed by atoms with Crippen LogP contribution >= 0.6 is 0 Å². The van der Waals surface area contributed by atoms with E-state index in [9.17, 15) is 13.2 Å². The number of morpholine rings is 1. The average molecular weight is 287 g/mol. The minimum atomic E-state index is -3.28. The van der Waals surface area contributed by atoms with Crippen LogP contribution in [-0.4, -0.2) is 61.1 Å². The molecule has 1 fully saturated rings. The Bertz CT molecular complexity index is 566. The molecule has 2 rings (SSSR count). The first-order chi connectivity index (χ1) is 8.86. The molecule has 1 aromatic rings. The topological polar surface area (TPSA) is 81.5 Å².